The third-order valence-corrected chi connectivity index (χ3v) is 6.83. The van der Waals surface area contributed by atoms with Crippen molar-refractivity contribution in [3.63, 3.8) is 0 Å². The second-order valence-corrected chi connectivity index (χ2v) is 8.83. The summed E-state index contributed by atoms with van der Waals surface area (Å²) >= 11 is 5.89. The number of thioether (sulfide) groups is 1. The Morgan fingerprint density at radius 3 is 2.38 bits per heavy atom. The summed E-state index contributed by atoms with van der Waals surface area (Å²) in [6.07, 6.45) is -0.981. The molecule has 10 heteroatoms. The van der Waals surface area contributed by atoms with Crippen molar-refractivity contribution in [3.8, 4) is 0 Å². The first-order valence-electron chi connectivity index (χ1n) is 5.57. The second kappa shape index (κ2) is 6.53. The normalized spacial score (nSPS) is 20.2. The van der Waals surface area contributed by atoms with Gasteiger partial charge in [0.1, 0.15) is 6.10 Å². The van der Waals surface area contributed by atoms with Gasteiger partial charge >= 0.3 is 15.6 Å². The lowest BCUT2D eigenvalue weighted by Crippen LogP contribution is -2.34. The summed E-state index contributed by atoms with van der Waals surface area (Å²) < 4.78 is 64.7. The van der Waals surface area contributed by atoms with E-state index in [0.717, 1.165) is 14.2 Å². The number of hydrogen-bond acceptors (Lipinski definition) is 4. The van der Waals surface area contributed by atoms with Crippen LogP contribution in [0.3, 0.4) is 0 Å². The molecule has 0 fully saturated rings. The summed E-state index contributed by atoms with van der Waals surface area (Å²) in [7, 11) is -5.53. The molecule has 1 aliphatic rings. The Bertz CT molecular complexity index is 641. The maximum absolute atomic E-state index is 12.2. The molecule has 0 saturated carbocycles. The van der Waals surface area contributed by atoms with Gasteiger partial charge < -0.3 is 0 Å². The number of halogens is 4. The van der Waals surface area contributed by atoms with E-state index in [-0.39, 0.29) is 11.5 Å². The molecule has 1 aromatic rings. The highest BCUT2D eigenvalue weighted by molar-refractivity contribution is 9.10. The Hall–Kier alpha value is -0.160. The number of rotatable bonds is 3. The largest absolute Gasteiger partial charge is 0.523 e. The van der Waals surface area contributed by atoms with Crippen LogP contribution in [0.1, 0.15) is 5.56 Å². The van der Waals surface area contributed by atoms with Crippen molar-refractivity contribution in [1.29, 1.82) is 0 Å². The van der Waals surface area contributed by atoms with Crippen LogP contribution < -0.4 is 0 Å². The fourth-order valence-corrected chi connectivity index (χ4v) is 5.05. The minimum Gasteiger partial charge on any atom is -0.253 e. The first-order chi connectivity index (χ1) is 9.69. The first kappa shape index (κ1) is 17.2. The molecule has 0 aliphatic carbocycles. The Balaban J connectivity index is 2.04. The monoisotopic (exact) mass is 421 g/mol. The summed E-state index contributed by atoms with van der Waals surface area (Å²) in [5, 5.41) is 0. The van der Waals surface area contributed by atoms with E-state index in [9.17, 15) is 21.6 Å². The van der Waals surface area contributed by atoms with Crippen molar-refractivity contribution in [1.82, 2.24) is 0 Å². The topological polar surface area (TPSA) is 43.4 Å². The maximum atomic E-state index is 12.2. The van der Waals surface area contributed by atoms with E-state index >= 15 is 0 Å². The number of hydrogen-bond donors (Lipinski definition) is 0. The van der Waals surface area contributed by atoms with Gasteiger partial charge in [-0.1, -0.05) is 27.7 Å². The maximum Gasteiger partial charge on any atom is 0.523 e. The van der Waals surface area contributed by atoms with Gasteiger partial charge in [-0.15, -0.1) is 0 Å². The van der Waals surface area contributed by atoms with Gasteiger partial charge in [-0.25, -0.2) is 0 Å². The molecule has 0 aromatic heterocycles. The minimum atomic E-state index is -5.53. The number of alkyl halides is 3. The zero-order valence-electron chi connectivity index (χ0n) is 10.3. The van der Waals surface area contributed by atoms with Crippen molar-refractivity contribution < 1.29 is 25.8 Å². The molecule has 0 N–H and O–H groups in total. The molecule has 2 rings (SSSR count). The Morgan fingerprint density at radius 2 is 1.90 bits per heavy atom. The van der Waals surface area contributed by atoms with E-state index in [1.54, 1.807) is 0 Å². The molecule has 1 aliphatic heterocycles. The van der Waals surface area contributed by atoms with E-state index < -0.39 is 21.7 Å². The summed E-state index contributed by atoms with van der Waals surface area (Å²) in [4.78, 5) is 0. The smallest absolute Gasteiger partial charge is 0.253 e. The van der Waals surface area contributed by atoms with Crippen LogP contribution in [0, 0.1) is 0 Å². The Kier molecular flexibility index (Phi) is 5.35. The molecule has 0 bridgehead atoms. The molecular formula is C11H9BrF3O3S3+. The molecule has 1 atom stereocenters. The van der Waals surface area contributed by atoms with Crippen LogP contribution in [0.4, 0.5) is 13.2 Å². The Labute approximate surface area is 136 Å². The average molecular weight is 422 g/mol. The van der Waals surface area contributed by atoms with E-state index in [1.165, 1.54) is 23.1 Å². The van der Waals surface area contributed by atoms with E-state index in [4.69, 9.17) is 0 Å². The molecule has 0 saturated heterocycles. The molecular weight excluding hydrogens is 413 g/mol. The van der Waals surface area contributed by atoms with Crippen LogP contribution >= 0.6 is 27.7 Å². The van der Waals surface area contributed by atoms with Gasteiger partial charge in [0, 0.05) is 15.8 Å². The number of benzene rings is 1. The van der Waals surface area contributed by atoms with Crippen LogP contribution in [-0.4, -0.2) is 35.7 Å². The van der Waals surface area contributed by atoms with Gasteiger partial charge in [0.15, 0.2) is 11.4 Å². The van der Waals surface area contributed by atoms with Crippen molar-refractivity contribution in [2.24, 2.45) is 0 Å². The SMILES string of the molecule is O=S(=O)(OC1CSC(c2ccc(Br)cc2)=[S+]C1)C(F)(F)F. The van der Waals surface area contributed by atoms with Crippen LogP contribution in [0.25, 0.3) is 0 Å². The molecule has 116 valence electrons. The quantitative estimate of drug-likeness (QED) is 0.325. The zero-order chi connectivity index (χ0) is 15.7. The summed E-state index contributed by atoms with van der Waals surface area (Å²) in [5.74, 6) is 0.321. The molecule has 21 heavy (non-hydrogen) atoms. The van der Waals surface area contributed by atoms with Crippen molar-refractivity contribution in [2.75, 3.05) is 11.5 Å². The van der Waals surface area contributed by atoms with E-state index in [2.05, 4.69) is 20.1 Å². The Morgan fingerprint density at radius 1 is 1.29 bits per heavy atom. The summed E-state index contributed by atoms with van der Waals surface area (Å²) in [6.45, 7) is 0. The van der Waals surface area contributed by atoms with Gasteiger partial charge in [-0.3, -0.25) is 4.18 Å². The van der Waals surface area contributed by atoms with Crippen LogP contribution in [0.5, 0.6) is 0 Å². The predicted octanol–water partition coefficient (Wildman–Crippen LogP) is 2.99. The molecule has 0 amide bonds. The molecule has 3 nitrogen and oxygen atoms in total. The van der Waals surface area contributed by atoms with Gasteiger partial charge in [-0.2, -0.15) is 21.6 Å². The molecule has 1 unspecified atom stereocenters. The molecule has 0 spiro atoms. The highest BCUT2D eigenvalue weighted by Crippen LogP contribution is 2.28. The highest BCUT2D eigenvalue weighted by Gasteiger charge is 2.49. The van der Waals surface area contributed by atoms with Crippen molar-refractivity contribution >= 4 is 53.4 Å². The lowest BCUT2D eigenvalue weighted by Gasteiger charge is -2.15. The lowest BCUT2D eigenvalue weighted by molar-refractivity contribution is -0.0560. The van der Waals surface area contributed by atoms with Crippen molar-refractivity contribution in [3.05, 3.63) is 34.3 Å². The average Bonchev–Trinajstić information content (AvgIpc) is 2.39. The summed E-state index contributed by atoms with van der Waals surface area (Å²) in [5.41, 5.74) is -4.43. The van der Waals surface area contributed by atoms with Crippen LogP contribution in [-0.2, 0) is 25.7 Å². The van der Waals surface area contributed by atoms with Gasteiger partial charge in [-0.05, 0) is 24.3 Å². The van der Waals surface area contributed by atoms with Crippen LogP contribution in [0.15, 0.2) is 28.7 Å². The third-order valence-electron chi connectivity index (χ3n) is 2.43. The lowest BCUT2D eigenvalue weighted by atomic mass is 10.2. The van der Waals surface area contributed by atoms with Crippen molar-refractivity contribution in [2.45, 2.75) is 11.6 Å². The van der Waals surface area contributed by atoms with Gasteiger partial charge in [0.25, 0.3) is 4.20 Å². The summed E-state index contributed by atoms with van der Waals surface area (Å²) in [6, 6.07) is 7.49. The third kappa shape index (κ3) is 4.41. The molecule has 1 aromatic carbocycles. The van der Waals surface area contributed by atoms with E-state index in [0.29, 0.717) is 0 Å². The van der Waals surface area contributed by atoms with E-state index in [1.807, 2.05) is 24.3 Å². The second-order valence-electron chi connectivity index (χ2n) is 4.03. The van der Waals surface area contributed by atoms with Gasteiger partial charge in [0.2, 0.25) is 5.75 Å². The molecule has 1 heterocycles. The zero-order valence-corrected chi connectivity index (χ0v) is 14.3. The highest BCUT2D eigenvalue weighted by atomic mass is 79.9. The predicted molar refractivity (Wildman–Crippen MR) is 82.8 cm³/mol. The first-order valence-corrected chi connectivity index (χ1v) is 9.74. The molecule has 0 radical (unpaired) electrons. The fraction of sp³-hybridized carbons (Fsp3) is 0.364. The standard InChI is InChI=1S/C11H9BrF3O3S3/c12-8-3-1-7(2-4-8)10-19-5-9(6-20-10)18-21(16,17)11(13,14)15/h1-4,9H,5-6H2/q+1. The van der Waals surface area contributed by atoms with Crippen LogP contribution in [0.2, 0.25) is 0 Å². The van der Waals surface area contributed by atoms with Gasteiger partial charge in [0.05, 0.1) is 0 Å². The fourth-order valence-electron chi connectivity index (χ4n) is 1.47. The minimum absolute atomic E-state index is 0.160.